The standard InChI is InChI=1S/C10H7ClN2O3S/c11-6-1-3-7(4-2-6)16-5-8-9(10(14)15)17-13-12-8/h1-4H,5H2,(H,14,15). The molecule has 2 rings (SSSR count). The first-order valence-corrected chi connectivity index (χ1v) is 5.75. The van der Waals surface area contributed by atoms with Crippen molar-refractivity contribution in [2.75, 3.05) is 0 Å². The van der Waals surface area contributed by atoms with Crippen LogP contribution in [0, 0.1) is 0 Å². The number of carbonyl (C=O) groups is 1. The van der Waals surface area contributed by atoms with E-state index in [0.29, 0.717) is 16.5 Å². The second-order valence-corrected chi connectivity index (χ2v) is 4.29. The van der Waals surface area contributed by atoms with Crippen LogP contribution in [0.1, 0.15) is 15.4 Å². The van der Waals surface area contributed by atoms with Gasteiger partial charge in [-0.1, -0.05) is 16.1 Å². The summed E-state index contributed by atoms with van der Waals surface area (Å²) in [5.74, 6) is -0.451. The molecule has 0 unspecified atom stereocenters. The normalized spacial score (nSPS) is 10.2. The number of nitrogens with zero attached hydrogens (tertiary/aromatic N) is 2. The SMILES string of the molecule is O=C(O)c1snnc1COc1ccc(Cl)cc1. The van der Waals surface area contributed by atoms with Gasteiger partial charge in [0.05, 0.1) is 0 Å². The van der Waals surface area contributed by atoms with Crippen LogP contribution in [0.15, 0.2) is 24.3 Å². The van der Waals surface area contributed by atoms with Crippen molar-refractivity contribution in [2.45, 2.75) is 6.61 Å². The highest BCUT2D eigenvalue weighted by Gasteiger charge is 2.15. The fraction of sp³-hybridized carbons (Fsp3) is 0.100. The molecule has 0 amide bonds. The lowest BCUT2D eigenvalue weighted by Gasteiger charge is -2.04. The predicted molar refractivity (Wildman–Crippen MR) is 62.7 cm³/mol. The summed E-state index contributed by atoms with van der Waals surface area (Å²) in [7, 11) is 0. The molecular weight excluding hydrogens is 264 g/mol. The molecule has 1 aromatic heterocycles. The minimum absolute atomic E-state index is 0.0692. The van der Waals surface area contributed by atoms with E-state index in [1.807, 2.05) is 0 Å². The number of carboxylic acids is 1. The molecule has 5 nitrogen and oxygen atoms in total. The van der Waals surface area contributed by atoms with Crippen molar-refractivity contribution < 1.29 is 14.6 Å². The van der Waals surface area contributed by atoms with Crippen LogP contribution in [-0.2, 0) is 6.61 Å². The molecular formula is C10H7ClN2O3S. The van der Waals surface area contributed by atoms with Crippen LogP contribution >= 0.6 is 23.1 Å². The first-order valence-electron chi connectivity index (χ1n) is 4.59. The van der Waals surface area contributed by atoms with Crippen LogP contribution in [0.25, 0.3) is 0 Å². The quantitative estimate of drug-likeness (QED) is 0.924. The molecule has 88 valence electrons. The zero-order chi connectivity index (χ0) is 12.3. The number of hydrogen-bond acceptors (Lipinski definition) is 5. The Morgan fingerprint density at radius 2 is 2.12 bits per heavy atom. The largest absolute Gasteiger partial charge is 0.487 e. The van der Waals surface area contributed by atoms with Gasteiger partial charge in [-0.05, 0) is 35.8 Å². The van der Waals surface area contributed by atoms with Gasteiger partial charge >= 0.3 is 5.97 Å². The van der Waals surface area contributed by atoms with Gasteiger partial charge < -0.3 is 9.84 Å². The molecule has 0 aliphatic heterocycles. The molecule has 2 aromatic rings. The molecule has 0 saturated carbocycles. The molecule has 0 bridgehead atoms. The summed E-state index contributed by atoms with van der Waals surface area (Å²) < 4.78 is 8.96. The number of hydrogen-bond donors (Lipinski definition) is 1. The van der Waals surface area contributed by atoms with E-state index in [0.717, 1.165) is 11.5 Å². The number of carboxylic acid groups (broad SMARTS) is 1. The summed E-state index contributed by atoms with van der Waals surface area (Å²) in [5.41, 5.74) is 0.317. The van der Waals surface area contributed by atoms with Crippen LogP contribution < -0.4 is 4.74 Å². The summed E-state index contributed by atoms with van der Waals surface area (Å²) in [5, 5.41) is 13.2. The van der Waals surface area contributed by atoms with Crippen LogP contribution in [0.4, 0.5) is 0 Å². The van der Waals surface area contributed by atoms with E-state index in [1.54, 1.807) is 24.3 Å². The molecule has 0 saturated heterocycles. The number of ether oxygens (including phenoxy) is 1. The van der Waals surface area contributed by atoms with E-state index >= 15 is 0 Å². The Morgan fingerprint density at radius 1 is 1.41 bits per heavy atom. The van der Waals surface area contributed by atoms with E-state index in [-0.39, 0.29) is 11.5 Å². The second kappa shape index (κ2) is 5.11. The molecule has 1 aromatic carbocycles. The molecule has 0 atom stereocenters. The zero-order valence-electron chi connectivity index (χ0n) is 8.46. The Kier molecular flexibility index (Phi) is 3.55. The van der Waals surface area contributed by atoms with Gasteiger partial charge in [0, 0.05) is 5.02 Å². The van der Waals surface area contributed by atoms with Crippen LogP contribution in [-0.4, -0.2) is 20.7 Å². The highest BCUT2D eigenvalue weighted by atomic mass is 35.5. The van der Waals surface area contributed by atoms with Gasteiger partial charge in [-0.25, -0.2) is 4.79 Å². The number of aromatic nitrogens is 2. The minimum atomic E-state index is -1.05. The van der Waals surface area contributed by atoms with E-state index in [1.165, 1.54) is 0 Å². The Labute approximate surface area is 106 Å². The average Bonchev–Trinajstić information content (AvgIpc) is 2.76. The number of aromatic carboxylic acids is 1. The lowest BCUT2D eigenvalue weighted by Crippen LogP contribution is -2.03. The van der Waals surface area contributed by atoms with E-state index in [4.69, 9.17) is 21.4 Å². The van der Waals surface area contributed by atoms with Crippen molar-refractivity contribution in [3.05, 3.63) is 39.9 Å². The van der Waals surface area contributed by atoms with Gasteiger partial charge in [0.15, 0.2) is 4.88 Å². The van der Waals surface area contributed by atoms with Crippen molar-refractivity contribution in [1.82, 2.24) is 9.59 Å². The fourth-order valence-corrected chi connectivity index (χ4v) is 1.78. The topological polar surface area (TPSA) is 72.3 Å². The average molecular weight is 271 g/mol. The van der Waals surface area contributed by atoms with E-state index in [2.05, 4.69) is 9.59 Å². The summed E-state index contributed by atoms with van der Waals surface area (Å²) in [6, 6.07) is 6.77. The molecule has 0 radical (unpaired) electrons. The molecule has 17 heavy (non-hydrogen) atoms. The molecule has 1 N–H and O–H groups in total. The number of benzene rings is 1. The summed E-state index contributed by atoms with van der Waals surface area (Å²) >= 11 is 6.56. The molecule has 0 spiro atoms. The van der Waals surface area contributed by atoms with Crippen molar-refractivity contribution in [2.24, 2.45) is 0 Å². The first-order chi connectivity index (χ1) is 8.16. The maximum atomic E-state index is 10.8. The van der Waals surface area contributed by atoms with E-state index < -0.39 is 5.97 Å². The summed E-state index contributed by atoms with van der Waals surface area (Å²) in [4.78, 5) is 10.9. The molecule has 0 fully saturated rings. The Hall–Kier alpha value is -1.66. The predicted octanol–water partition coefficient (Wildman–Crippen LogP) is 2.47. The summed E-state index contributed by atoms with van der Waals surface area (Å²) in [6.45, 7) is 0.0692. The summed E-state index contributed by atoms with van der Waals surface area (Å²) in [6.07, 6.45) is 0. The number of rotatable bonds is 4. The van der Waals surface area contributed by atoms with Crippen LogP contribution in [0.3, 0.4) is 0 Å². The Morgan fingerprint density at radius 3 is 2.76 bits per heavy atom. The minimum Gasteiger partial charge on any atom is -0.487 e. The van der Waals surface area contributed by atoms with Gasteiger partial charge in [0.25, 0.3) is 0 Å². The monoisotopic (exact) mass is 270 g/mol. The fourth-order valence-electron chi connectivity index (χ4n) is 1.15. The van der Waals surface area contributed by atoms with Gasteiger partial charge in [-0.3, -0.25) is 0 Å². The highest BCUT2D eigenvalue weighted by Crippen LogP contribution is 2.18. The maximum Gasteiger partial charge on any atom is 0.349 e. The van der Waals surface area contributed by atoms with Crippen LogP contribution in [0.5, 0.6) is 5.75 Å². The van der Waals surface area contributed by atoms with Gasteiger partial charge in [-0.15, -0.1) is 5.10 Å². The van der Waals surface area contributed by atoms with Crippen molar-refractivity contribution in [1.29, 1.82) is 0 Å². The smallest absolute Gasteiger partial charge is 0.349 e. The zero-order valence-corrected chi connectivity index (χ0v) is 10.0. The van der Waals surface area contributed by atoms with Gasteiger partial charge in [-0.2, -0.15) is 0 Å². The third kappa shape index (κ3) is 2.92. The maximum absolute atomic E-state index is 10.8. The third-order valence-electron chi connectivity index (χ3n) is 1.94. The Balaban J connectivity index is 2.05. The molecule has 0 aliphatic rings. The lowest BCUT2D eigenvalue weighted by molar-refractivity contribution is 0.0699. The van der Waals surface area contributed by atoms with Gasteiger partial charge in [0.2, 0.25) is 0 Å². The molecule has 0 aliphatic carbocycles. The van der Waals surface area contributed by atoms with Gasteiger partial charge in [0.1, 0.15) is 18.1 Å². The first kappa shape index (κ1) is 11.8. The highest BCUT2D eigenvalue weighted by molar-refractivity contribution is 7.07. The van der Waals surface area contributed by atoms with Crippen molar-refractivity contribution in [3.63, 3.8) is 0 Å². The second-order valence-electron chi connectivity index (χ2n) is 3.10. The van der Waals surface area contributed by atoms with Crippen LogP contribution in [0.2, 0.25) is 5.02 Å². The molecule has 7 heteroatoms. The van der Waals surface area contributed by atoms with Crippen molar-refractivity contribution >= 4 is 29.1 Å². The Bertz CT molecular complexity index is 527. The van der Waals surface area contributed by atoms with Crippen molar-refractivity contribution in [3.8, 4) is 5.75 Å². The third-order valence-corrected chi connectivity index (χ3v) is 2.95. The van der Waals surface area contributed by atoms with E-state index in [9.17, 15) is 4.79 Å². The number of halogens is 1. The lowest BCUT2D eigenvalue weighted by atomic mass is 10.3. The molecule has 1 heterocycles.